The minimum atomic E-state index is -1.53. The summed E-state index contributed by atoms with van der Waals surface area (Å²) in [6.07, 6.45) is -4.36. The molecule has 27 heavy (non-hydrogen) atoms. The largest absolute Gasteiger partial charge is 0.479 e. The molecule has 1 aromatic carbocycles. The van der Waals surface area contributed by atoms with Crippen molar-refractivity contribution in [2.24, 2.45) is 5.92 Å². The second kappa shape index (κ2) is 8.49. The second-order valence-electron chi connectivity index (χ2n) is 7.07. The van der Waals surface area contributed by atoms with Crippen molar-refractivity contribution in [1.82, 2.24) is 0 Å². The second-order valence-corrected chi connectivity index (χ2v) is 7.07. The Hall–Kier alpha value is -2.45. The van der Waals surface area contributed by atoms with E-state index in [1.807, 2.05) is 13.8 Å². The van der Waals surface area contributed by atoms with Crippen LogP contribution in [0.25, 0.3) is 0 Å². The molecule has 3 atom stereocenters. The van der Waals surface area contributed by atoms with Gasteiger partial charge in [0.1, 0.15) is 0 Å². The van der Waals surface area contributed by atoms with Crippen molar-refractivity contribution in [3.63, 3.8) is 0 Å². The number of benzene rings is 1. The first-order valence-electron chi connectivity index (χ1n) is 8.61. The lowest BCUT2D eigenvalue weighted by Crippen LogP contribution is -2.39. The third-order valence-corrected chi connectivity index (χ3v) is 3.68. The van der Waals surface area contributed by atoms with Gasteiger partial charge in [-0.25, -0.2) is 14.4 Å². The first-order valence-corrected chi connectivity index (χ1v) is 8.61. The molecule has 0 bridgehead atoms. The van der Waals surface area contributed by atoms with Crippen molar-refractivity contribution >= 4 is 17.9 Å². The summed E-state index contributed by atoms with van der Waals surface area (Å²) in [5.74, 6) is -4.28. The number of hydrogen-bond donors (Lipinski definition) is 1. The van der Waals surface area contributed by atoms with Crippen LogP contribution in [0.4, 0.5) is 0 Å². The maximum atomic E-state index is 12.6. The highest BCUT2D eigenvalue weighted by atomic mass is 16.8. The van der Waals surface area contributed by atoms with Crippen molar-refractivity contribution in [2.75, 3.05) is 6.61 Å². The molecule has 1 fully saturated rings. The first kappa shape index (κ1) is 20.9. The molecule has 2 rings (SSSR count). The van der Waals surface area contributed by atoms with Gasteiger partial charge in [-0.2, -0.15) is 0 Å². The van der Waals surface area contributed by atoms with E-state index in [1.54, 1.807) is 30.3 Å². The van der Waals surface area contributed by atoms with E-state index >= 15 is 0 Å². The molecule has 0 unspecified atom stereocenters. The van der Waals surface area contributed by atoms with E-state index in [0.717, 1.165) is 0 Å². The molecule has 0 aliphatic carbocycles. The predicted octanol–water partition coefficient (Wildman–Crippen LogP) is 2.07. The van der Waals surface area contributed by atoms with Gasteiger partial charge in [-0.3, -0.25) is 0 Å². The standard InChI is InChI=1S/C19H24O8/c1-11(2)10-24-17(22)13(12-8-6-5-7-9-12)25-18(23)15-14(16(20)21)26-19(3,4)27-15/h5-9,11,13-15H,10H2,1-4H3,(H,20,21)/t13-,14+,15+/m0/s1. The molecule has 8 heteroatoms. The molecule has 0 radical (unpaired) electrons. The topological polar surface area (TPSA) is 108 Å². The average Bonchev–Trinajstić information content (AvgIpc) is 2.94. The van der Waals surface area contributed by atoms with Gasteiger partial charge in [0.25, 0.3) is 0 Å². The van der Waals surface area contributed by atoms with Gasteiger partial charge in [0.05, 0.1) is 6.61 Å². The number of rotatable bonds is 7. The van der Waals surface area contributed by atoms with Gasteiger partial charge >= 0.3 is 17.9 Å². The van der Waals surface area contributed by atoms with Crippen LogP contribution in [0.5, 0.6) is 0 Å². The molecule has 8 nitrogen and oxygen atoms in total. The van der Waals surface area contributed by atoms with Gasteiger partial charge in [-0.1, -0.05) is 44.2 Å². The summed E-state index contributed by atoms with van der Waals surface area (Å²) >= 11 is 0. The smallest absolute Gasteiger partial charge is 0.352 e. The fraction of sp³-hybridized carbons (Fsp3) is 0.526. The molecular formula is C19H24O8. The van der Waals surface area contributed by atoms with E-state index in [9.17, 15) is 19.5 Å². The Morgan fingerprint density at radius 1 is 1.11 bits per heavy atom. The highest BCUT2D eigenvalue weighted by Gasteiger charge is 2.50. The SMILES string of the molecule is CC(C)COC(=O)[C@@H](OC(=O)[C@@H]1OC(C)(C)O[C@H]1C(=O)O)c1ccccc1. The summed E-state index contributed by atoms with van der Waals surface area (Å²) < 4.78 is 21.1. The lowest BCUT2D eigenvalue weighted by atomic mass is 10.1. The normalized spacial score (nSPS) is 22.3. The average molecular weight is 380 g/mol. The van der Waals surface area contributed by atoms with E-state index in [2.05, 4.69) is 0 Å². The molecule has 1 heterocycles. The van der Waals surface area contributed by atoms with Gasteiger partial charge < -0.3 is 24.1 Å². The van der Waals surface area contributed by atoms with E-state index < -0.39 is 42.0 Å². The molecule has 1 aliphatic rings. The van der Waals surface area contributed by atoms with Crippen molar-refractivity contribution in [1.29, 1.82) is 0 Å². The summed E-state index contributed by atoms with van der Waals surface area (Å²) in [6, 6.07) is 8.34. The van der Waals surface area contributed by atoms with Crippen LogP contribution in [0.2, 0.25) is 0 Å². The van der Waals surface area contributed by atoms with E-state index in [0.29, 0.717) is 5.56 Å². The quantitative estimate of drug-likeness (QED) is 0.716. The molecule has 1 N–H and O–H groups in total. The molecule has 1 aromatic rings. The van der Waals surface area contributed by atoms with Crippen molar-refractivity contribution in [2.45, 2.75) is 51.8 Å². The van der Waals surface area contributed by atoms with E-state index in [1.165, 1.54) is 13.8 Å². The van der Waals surface area contributed by atoms with Crippen LogP contribution in [0.15, 0.2) is 30.3 Å². The summed E-state index contributed by atoms with van der Waals surface area (Å²) in [6.45, 7) is 6.89. The number of hydrogen-bond acceptors (Lipinski definition) is 7. The number of carbonyl (C=O) groups excluding carboxylic acids is 2. The number of carbonyl (C=O) groups is 3. The van der Waals surface area contributed by atoms with E-state index in [4.69, 9.17) is 18.9 Å². The maximum Gasteiger partial charge on any atom is 0.352 e. The van der Waals surface area contributed by atoms with Gasteiger partial charge in [0.2, 0.25) is 6.10 Å². The number of aliphatic carboxylic acids is 1. The highest BCUT2D eigenvalue weighted by Crippen LogP contribution is 2.31. The minimum absolute atomic E-state index is 0.102. The van der Waals surface area contributed by atoms with Crippen molar-refractivity contribution in [3.8, 4) is 0 Å². The highest BCUT2D eigenvalue weighted by molar-refractivity contribution is 5.87. The van der Waals surface area contributed by atoms with Crippen molar-refractivity contribution < 1.29 is 38.4 Å². The number of ether oxygens (including phenoxy) is 4. The number of carboxylic acid groups (broad SMARTS) is 1. The third kappa shape index (κ3) is 5.51. The number of carboxylic acids is 1. The summed E-state index contributed by atoms with van der Waals surface area (Å²) in [5.41, 5.74) is 0.407. The Bertz CT molecular complexity index is 682. The molecule has 0 spiro atoms. The van der Waals surface area contributed by atoms with Crippen LogP contribution < -0.4 is 0 Å². The number of esters is 2. The molecule has 1 aliphatic heterocycles. The zero-order chi connectivity index (χ0) is 20.2. The van der Waals surface area contributed by atoms with Crippen molar-refractivity contribution in [3.05, 3.63) is 35.9 Å². The van der Waals surface area contributed by atoms with Gasteiger partial charge in [0, 0.05) is 5.56 Å². The zero-order valence-electron chi connectivity index (χ0n) is 15.7. The Kier molecular flexibility index (Phi) is 6.56. The van der Waals surface area contributed by atoms with Crippen LogP contribution in [0.3, 0.4) is 0 Å². The molecule has 148 valence electrons. The monoisotopic (exact) mass is 380 g/mol. The molecule has 1 saturated heterocycles. The Labute approximate surface area is 157 Å². The lowest BCUT2D eigenvalue weighted by molar-refractivity contribution is -0.182. The summed E-state index contributed by atoms with van der Waals surface area (Å²) in [5, 5.41) is 9.27. The van der Waals surface area contributed by atoms with Gasteiger partial charge in [0.15, 0.2) is 18.0 Å². The van der Waals surface area contributed by atoms with Crippen LogP contribution >= 0.6 is 0 Å². The third-order valence-electron chi connectivity index (χ3n) is 3.68. The maximum absolute atomic E-state index is 12.6. The zero-order valence-corrected chi connectivity index (χ0v) is 15.7. The summed E-state index contributed by atoms with van der Waals surface area (Å²) in [4.78, 5) is 36.4. The van der Waals surface area contributed by atoms with Gasteiger partial charge in [-0.15, -0.1) is 0 Å². The first-order chi connectivity index (χ1) is 12.6. The fourth-order valence-electron chi connectivity index (χ4n) is 2.50. The fourth-order valence-corrected chi connectivity index (χ4v) is 2.50. The molecule has 0 saturated carbocycles. The Morgan fingerprint density at radius 3 is 2.26 bits per heavy atom. The van der Waals surface area contributed by atoms with Crippen LogP contribution in [0.1, 0.15) is 39.4 Å². The van der Waals surface area contributed by atoms with E-state index in [-0.39, 0.29) is 12.5 Å². The molecular weight excluding hydrogens is 356 g/mol. The Balaban J connectivity index is 2.20. The van der Waals surface area contributed by atoms with Crippen LogP contribution in [-0.4, -0.2) is 47.6 Å². The Morgan fingerprint density at radius 2 is 1.70 bits per heavy atom. The summed E-state index contributed by atoms with van der Waals surface area (Å²) in [7, 11) is 0. The lowest BCUT2D eigenvalue weighted by Gasteiger charge is -2.21. The van der Waals surface area contributed by atoms with Crippen LogP contribution in [-0.2, 0) is 33.3 Å². The van der Waals surface area contributed by atoms with Gasteiger partial charge in [-0.05, 0) is 19.8 Å². The van der Waals surface area contributed by atoms with Crippen LogP contribution in [0, 0.1) is 5.92 Å². The molecule has 0 aromatic heterocycles. The molecule has 0 amide bonds. The minimum Gasteiger partial charge on any atom is -0.479 e. The predicted molar refractivity (Wildman–Crippen MR) is 92.5 cm³/mol.